The van der Waals surface area contributed by atoms with Gasteiger partial charge in [-0.2, -0.15) is 18.3 Å². The molecular weight excluding hydrogens is 311 g/mol. The average Bonchev–Trinajstić information content (AvgIpc) is 2.76. The highest BCUT2D eigenvalue weighted by atomic mass is 35.5. The Bertz CT molecular complexity index is 637. The van der Waals surface area contributed by atoms with Gasteiger partial charge in [0.1, 0.15) is 0 Å². The maximum atomic E-state index is 12.6. The van der Waals surface area contributed by atoms with Crippen LogP contribution < -0.4 is 5.43 Å². The normalized spacial score (nSPS) is 12.1. The maximum absolute atomic E-state index is 12.6. The molecule has 1 aromatic heterocycles. The molecule has 0 saturated heterocycles. The van der Waals surface area contributed by atoms with E-state index in [4.69, 9.17) is 11.6 Å². The minimum Gasteiger partial charge on any atom is -0.253 e. The molecule has 2 aromatic rings. The summed E-state index contributed by atoms with van der Waals surface area (Å²) in [5, 5.41) is 6.41. The zero-order valence-electron chi connectivity index (χ0n) is 10.2. The summed E-state index contributed by atoms with van der Waals surface area (Å²) in [7, 11) is 0. The highest BCUT2D eigenvalue weighted by Crippen LogP contribution is 2.31. The van der Waals surface area contributed by atoms with Crippen LogP contribution in [0.2, 0.25) is 5.02 Å². The molecule has 0 aliphatic carbocycles. The van der Waals surface area contributed by atoms with E-state index in [0.717, 1.165) is 17.8 Å². The summed E-state index contributed by atoms with van der Waals surface area (Å²) in [6.07, 6.45) is -3.18. The number of rotatable bonds is 3. The zero-order valence-corrected chi connectivity index (χ0v) is 11.8. The summed E-state index contributed by atoms with van der Waals surface area (Å²) in [4.78, 5) is 4.10. The Morgan fingerprint density at radius 3 is 2.75 bits per heavy atom. The van der Waals surface area contributed by atoms with Crippen LogP contribution in [0, 0.1) is 6.92 Å². The van der Waals surface area contributed by atoms with Crippen molar-refractivity contribution in [2.45, 2.75) is 13.1 Å². The number of nitrogens with one attached hydrogen (secondary N) is 1. The Kier molecular flexibility index (Phi) is 4.29. The fourth-order valence-corrected chi connectivity index (χ4v) is 2.18. The molecule has 2 rings (SSSR count). The van der Waals surface area contributed by atoms with E-state index in [1.54, 1.807) is 0 Å². The highest BCUT2D eigenvalue weighted by molar-refractivity contribution is 7.13. The van der Waals surface area contributed by atoms with Gasteiger partial charge in [-0.25, -0.2) is 4.98 Å². The van der Waals surface area contributed by atoms with Crippen molar-refractivity contribution in [2.75, 3.05) is 5.43 Å². The number of alkyl halides is 3. The Labute approximate surface area is 122 Å². The summed E-state index contributed by atoms with van der Waals surface area (Å²) in [5.74, 6) is 0. The quantitative estimate of drug-likeness (QED) is 0.664. The molecule has 0 radical (unpaired) electrons. The predicted molar refractivity (Wildman–Crippen MR) is 74.5 cm³/mol. The molecule has 20 heavy (non-hydrogen) atoms. The van der Waals surface area contributed by atoms with Gasteiger partial charge in [-0.05, 0) is 25.1 Å². The van der Waals surface area contributed by atoms with Crippen LogP contribution in [-0.4, -0.2) is 11.2 Å². The lowest BCUT2D eigenvalue weighted by Gasteiger charge is -2.07. The lowest BCUT2D eigenvalue weighted by atomic mass is 10.1. The van der Waals surface area contributed by atoms with E-state index in [-0.39, 0.29) is 10.6 Å². The fraction of sp³-hybridized carbons (Fsp3) is 0.167. The zero-order chi connectivity index (χ0) is 14.8. The summed E-state index contributed by atoms with van der Waals surface area (Å²) in [6.45, 7) is 1.83. The molecule has 0 bridgehead atoms. The van der Waals surface area contributed by atoms with Gasteiger partial charge < -0.3 is 0 Å². The minimum absolute atomic E-state index is 0.183. The molecule has 1 aromatic carbocycles. The van der Waals surface area contributed by atoms with E-state index in [9.17, 15) is 13.2 Å². The summed E-state index contributed by atoms with van der Waals surface area (Å²) in [6, 6.07) is 3.07. The monoisotopic (exact) mass is 319 g/mol. The SMILES string of the molecule is Cc1csc(NN=Cc2cc(C(F)(F)F)ccc2Cl)n1. The van der Waals surface area contributed by atoms with Crippen molar-refractivity contribution >= 4 is 34.3 Å². The molecule has 3 nitrogen and oxygen atoms in total. The molecule has 106 valence electrons. The van der Waals surface area contributed by atoms with Crippen LogP contribution in [0.1, 0.15) is 16.8 Å². The van der Waals surface area contributed by atoms with Crippen LogP contribution in [-0.2, 0) is 6.18 Å². The first-order valence-electron chi connectivity index (χ1n) is 5.44. The van der Waals surface area contributed by atoms with Crippen LogP contribution >= 0.6 is 22.9 Å². The fourth-order valence-electron chi connectivity index (χ4n) is 1.38. The van der Waals surface area contributed by atoms with Gasteiger partial charge in [0.2, 0.25) is 5.13 Å². The number of benzene rings is 1. The molecule has 0 fully saturated rings. The number of nitrogens with zero attached hydrogens (tertiary/aromatic N) is 2. The van der Waals surface area contributed by atoms with Crippen molar-refractivity contribution in [3.05, 3.63) is 45.4 Å². The van der Waals surface area contributed by atoms with Crippen molar-refractivity contribution in [2.24, 2.45) is 5.10 Å². The molecule has 0 unspecified atom stereocenters. The van der Waals surface area contributed by atoms with Gasteiger partial charge in [0.25, 0.3) is 0 Å². The van der Waals surface area contributed by atoms with E-state index in [1.807, 2.05) is 12.3 Å². The number of hydrogen-bond acceptors (Lipinski definition) is 4. The molecular formula is C12H9ClF3N3S. The number of halogens is 4. The molecule has 1 heterocycles. The average molecular weight is 320 g/mol. The number of aromatic nitrogens is 1. The van der Waals surface area contributed by atoms with Gasteiger partial charge in [-0.1, -0.05) is 11.6 Å². The number of anilines is 1. The van der Waals surface area contributed by atoms with Crippen molar-refractivity contribution in [3.63, 3.8) is 0 Å². The van der Waals surface area contributed by atoms with E-state index in [1.165, 1.54) is 23.6 Å². The number of aryl methyl sites for hydroxylation is 1. The molecule has 0 amide bonds. The number of hydrazone groups is 1. The Morgan fingerprint density at radius 1 is 1.40 bits per heavy atom. The van der Waals surface area contributed by atoms with Gasteiger partial charge in [0, 0.05) is 16.0 Å². The molecule has 0 aliphatic rings. The van der Waals surface area contributed by atoms with Crippen molar-refractivity contribution in [1.82, 2.24) is 4.98 Å². The van der Waals surface area contributed by atoms with E-state index in [2.05, 4.69) is 15.5 Å². The maximum Gasteiger partial charge on any atom is 0.416 e. The lowest BCUT2D eigenvalue weighted by molar-refractivity contribution is -0.137. The molecule has 8 heteroatoms. The van der Waals surface area contributed by atoms with E-state index >= 15 is 0 Å². The summed E-state index contributed by atoms with van der Waals surface area (Å²) in [5.41, 5.74) is 2.89. The number of hydrogen-bond donors (Lipinski definition) is 1. The number of thiazole rings is 1. The van der Waals surface area contributed by atoms with Gasteiger partial charge >= 0.3 is 6.18 Å². The Hall–Kier alpha value is -1.60. The second-order valence-electron chi connectivity index (χ2n) is 3.90. The van der Waals surface area contributed by atoms with Crippen molar-refractivity contribution in [1.29, 1.82) is 0 Å². The molecule has 0 saturated carbocycles. The van der Waals surface area contributed by atoms with E-state index < -0.39 is 11.7 Å². The van der Waals surface area contributed by atoms with Crippen molar-refractivity contribution < 1.29 is 13.2 Å². The predicted octanol–water partition coefficient (Wildman–Crippen LogP) is 4.57. The smallest absolute Gasteiger partial charge is 0.253 e. The van der Waals surface area contributed by atoms with Crippen LogP contribution in [0.4, 0.5) is 18.3 Å². The Morgan fingerprint density at radius 2 is 2.15 bits per heavy atom. The lowest BCUT2D eigenvalue weighted by Crippen LogP contribution is -2.05. The third kappa shape index (κ3) is 3.71. The minimum atomic E-state index is -4.41. The van der Waals surface area contributed by atoms with Gasteiger partial charge in [-0.3, -0.25) is 5.43 Å². The molecule has 0 atom stereocenters. The summed E-state index contributed by atoms with van der Waals surface area (Å²) >= 11 is 7.18. The van der Waals surface area contributed by atoms with Crippen LogP contribution in [0.3, 0.4) is 0 Å². The van der Waals surface area contributed by atoms with E-state index in [0.29, 0.717) is 5.13 Å². The highest BCUT2D eigenvalue weighted by Gasteiger charge is 2.30. The first-order chi connectivity index (χ1) is 9.36. The standard InChI is InChI=1S/C12H9ClF3N3S/c1-7-6-20-11(18-7)19-17-5-8-4-9(12(14,15)16)2-3-10(8)13/h2-6H,1H3,(H,18,19). The third-order valence-corrected chi connectivity index (χ3v) is 3.52. The van der Waals surface area contributed by atoms with Gasteiger partial charge in [0.15, 0.2) is 0 Å². The first-order valence-corrected chi connectivity index (χ1v) is 6.70. The molecule has 0 aliphatic heterocycles. The van der Waals surface area contributed by atoms with Crippen LogP contribution in [0.25, 0.3) is 0 Å². The summed E-state index contributed by atoms with van der Waals surface area (Å²) < 4.78 is 37.7. The third-order valence-electron chi connectivity index (χ3n) is 2.31. The Balaban J connectivity index is 2.16. The topological polar surface area (TPSA) is 37.3 Å². The van der Waals surface area contributed by atoms with Crippen LogP contribution in [0.5, 0.6) is 0 Å². The van der Waals surface area contributed by atoms with Crippen LogP contribution in [0.15, 0.2) is 28.7 Å². The van der Waals surface area contributed by atoms with Crippen molar-refractivity contribution in [3.8, 4) is 0 Å². The second-order valence-corrected chi connectivity index (χ2v) is 5.16. The molecule has 0 spiro atoms. The largest absolute Gasteiger partial charge is 0.416 e. The van der Waals surface area contributed by atoms with Gasteiger partial charge in [0.05, 0.1) is 17.5 Å². The second kappa shape index (κ2) is 5.80. The first kappa shape index (κ1) is 14.8. The molecule has 1 N–H and O–H groups in total. The van der Waals surface area contributed by atoms with Gasteiger partial charge in [-0.15, -0.1) is 11.3 Å².